The largest absolute Gasteiger partial charge is 0.500 e. The summed E-state index contributed by atoms with van der Waals surface area (Å²) in [5.74, 6) is -0.511. The van der Waals surface area contributed by atoms with Crippen molar-refractivity contribution in [2.24, 2.45) is 0 Å². The molecule has 0 unspecified atom stereocenters. The third-order valence-electron chi connectivity index (χ3n) is 2.02. The van der Waals surface area contributed by atoms with Gasteiger partial charge < -0.3 is 19.3 Å². The number of aliphatic hydroxyl groups excluding tert-OH is 1. The highest BCUT2D eigenvalue weighted by Crippen LogP contribution is 2.24. The Bertz CT molecular complexity index is 456. The van der Waals surface area contributed by atoms with E-state index < -0.39 is 5.97 Å². The summed E-state index contributed by atoms with van der Waals surface area (Å²) in [6, 6.07) is 4.66. The zero-order chi connectivity index (χ0) is 13.5. The number of ether oxygens (including phenoxy) is 3. The molecule has 1 aromatic carbocycles. The quantitative estimate of drug-likeness (QED) is 0.504. The maximum atomic E-state index is 11.4. The number of aliphatic hydroxyl groups is 1. The van der Waals surface area contributed by atoms with Crippen LogP contribution in [0.15, 0.2) is 30.2 Å². The molecule has 1 rings (SSSR count). The Kier molecular flexibility index (Phi) is 5.48. The van der Waals surface area contributed by atoms with Crippen molar-refractivity contribution >= 4 is 17.6 Å². The minimum atomic E-state index is -0.685. The highest BCUT2D eigenvalue weighted by atomic mass is 35.5. The number of rotatable bonds is 5. The van der Waals surface area contributed by atoms with Crippen LogP contribution in [0.25, 0.3) is 0 Å². The van der Waals surface area contributed by atoms with Crippen LogP contribution < -0.4 is 4.74 Å². The van der Waals surface area contributed by atoms with E-state index >= 15 is 0 Å². The molecule has 0 fully saturated rings. The normalized spacial score (nSPS) is 11.0. The fourth-order valence-electron chi connectivity index (χ4n) is 1.21. The number of carbonyl (C=O) groups excluding carboxylic acids is 1. The van der Waals surface area contributed by atoms with Gasteiger partial charge in [0.05, 0.1) is 20.8 Å². The summed E-state index contributed by atoms with van der Waals surface area (Å²) >= 11 is 5.79. The average Bonchev–Trinajstić information content (AvgIpc) is 2.39. The molecule has 0 heterocycles. The zero-order valence-electron chi connectivity index (χ0n) is 9.97. The SMILES string of the molecule is COC=C(Oc1ccc(Cl)cc1CO)C(=O)OC. The van der Waals surface area contributed by atoms with Crippen LogP contribution in [0.5, 0.6) is 5.75 Å². The predicted molar refractivity (Wildman–Crippen MR) is 65.1 cm³/mol. The Hall–Kier alpha value is -1.72. The summed E-state index contributed by atoms with van der Waals surface area (Å²) in [6.07, 6.45) is 1.11. The van der Waals surface area contributed by atoms with Crippen molar-refractivity contribution in [2.75, 3.05) is 14.2 Å². The molecule has 98 valence electrons. The van der Waals surface area contributed by atoms with Crippen LogP contribution in [0.2, 0.25) is 5.02 Å². The average molecular weight is 273 g/mol. The molecule has 0 bridgehead atoms. The Balaban J connectivity index is 3.01. The second kappa shape index (κ2) is 6.88. The lowest BCUT2D eigenvalue weighted by Gasteiger charge is -2.11. The molecule has 6 heteroatoms. The molecule has 0 aliphatic carbocycles. The van der Waals surface area contributed by atoms with Crippen LogP contribution >= 0.6 is 11.6 Å². The predicted octanol–water partition coefficient (Wildman–Crippen LogP) is 1.87. The van der Waals surface area contributed by atoms with Gasteiger partial charge in [0.15, 0.2) is 0 Å². The summed E-state index contributed by atoms with van der Waals surface area (Å²) in [6.45, 7) is -0.267. The van der Waals surface area contributed by atoms with Gasteiger partial charge in [0, 0.05) is 10.6 Å². The number of esters is 1. The minimum absolute atomic E-state index is 0.128. The molecule has 0 amide bonds. The standard InChI is InChI=1S/C12H13ClO5/c1-16-7-11(12(15)17-2)18-10-4-3-9(13)5-8(10)6-14/h3-5,7,14H,6H2,1-2H3. The van der Waals surface area contributed by atoms with Gasteiger partial charge in [-0.2, -0.15) is 0 Å². The third kappa shape index (κ3) is 3.65. The van der Waals surface area contributed by atoms with Gasteiger partial charge in [-0.1, -0.05) is 11.6 Å². The van der Waals surface area contributed by atoms with Gasteiger partial charge in [-0.15, -0.1) is 0 Å². The molecular formula is C12H13ClO5. The molecule has 1 aromatic rings. The summed E-state index contributed by atoms with van der Waals surface area (Å²) < 4.78 is 14.6. The second-order valence-electron chi connectivity index (χ2n) is 3.22. The first-order valence-corrected chi connectivity index (χ1v) is 5.38. The lowest BCUT2D eigenvalue weighted by molar-refractivity contribution is -0.138. The maximum absolute atomic E-state index is 11.4. The topological polar surface area (TPSA) is 65.0 Å². The van der Waals surface area contributed by atoms with Crippen molar-refractivity contribution in [3.8, 4) is 5.75 Å². The number of hydrogen-bond acceptors (Lipinski definition) is 5. The molecule has 0 radical (unpaired) electrons. The minimum Gasteiger partial charge on any atom is -0.500 e. The molecule has 0 saturated heterocycles. The van der Waals surface area contributed by atoms with Crippen molar-refractivity contribution in [3.63, 3.8) is 0 Å². The van der Waals surface area contributed by atoms with Gasteiger partial charge >= 0.3 is 5.97 Å². The molecular weight excluding hydrogens is 260 g/mol. The maximum Gasteiger partial charge on any atom is 0.377 e. The molecule has 0 aliphatic rings. The highest BCUT2D eigenvalue weighted by Gasteiger charge is 2.15. The third-order valence-corrected chi connectivity index (χ3v) is 2.26. The molecule has 0 spiro atoms. The van der Waals surface area contributed by atoms with E-state index in [-0.39, 0.29) is 12.4 Å². The van der Waals surface area contributed by atoms with E-state index in [1.807, 2.05) is 0 Å². The van der Waals surface area contributed by atoms with Crippen LogP contribution in [-0.2, 0) is 20.9 Å². The summed E-state index contributed by atoms with van der Waals surface area (Å²) in [4.78, 5) is 11.4. The van der Waals surface area contributed by atoms with E-state index in [0.717, 1.165) is 6.26 Å². The van der Waals surface area contributed by atoms with Crippen molar-refractivity contribution in [1.29, 1.82) is 0 Å². The van der Waals surface area contributed by atoms with Gasteiger partial charge in [0.2, 0.25) is 5.76 Å². The van der Waals surface area contributed by atoms with E-state index in [1.54, 1.807) is 18.2 Å². The van der Waals surface area contributed by atoms with Crippen LogP contribution in [0, 0.1) is 0 Å². The fraction of sp³-hybridized carbons (Fsp3) is 0.250. The lowest BCUT2D eigenvalue weighted by atomic mass is 10.2. The first kappa shape index (κ1) is 14.3. The zero-order valence-corrected chi connectivity index (χ0v) is 10.7. The van der Waals surface area contributed by atoms with E-state index in [4.69, 9.17) is 21.1 Å². The molecule has 0 saturated carbocycles. The van der Waals surface area contributed by atoms with Crippen molar-refractivity contribution in [1.82, 2.24) is 0 Å². The van der Waals surface area contributed by atoms with Gasteiger partial charge in [0.1, 0.15) is 12.0 Å². The van der Waals surface area contributed by atoms with E-state index in [9.17, 15) is 9.90 Å². The molecule has 18 heavy (non-hydrogen) atoms. The smallest absolute Gasteiger partial charge is 0.377 e. The first-order chi connectivity index (χ1) is 8.62. The van der Waals surface area contributed by atoms with Crippen LogP contribution in [0.3, 0.4) is 0 Å². The number of methoxy groups -OCH3 is 2. The fourth-order valence-corrected chi connectivity index (χ4v) is 1.41. The van der Waals surface area contributed by atoms with Crippen molar-refractivity contribution in [2.45, 2.75) is 6.61 Å². The number of halogens is 1. The van der Waals surface area contributed by atoms with Crippen molar-refractivity contribution in [3.05, 3.63) is 40.8 Å². The molecule has 0 atom stereocenters. The van der Waals surface area contributed by atoms with Crippen molar-refractivity contribution < 1.29 is 24.1 Å². The molecule has 0 aromatic heterocycles. The number of benzene rings is 1. The van der Waals surface area contributed by atoms with Gasteiger partial charge in [-0.3, -0.25) is 0 Å². The number of carbonyl (C=O) groups is 1. The molecule has 1 N–H and O–H groups in total. The van der Waals surface area contributed by atoms with E-state index in [2.05, 4.69) is 4.74 Å². The Morgan fingerprint density at radius 1 is 1.44 bits per heavy atom. The number of hydrogen-bond donors (Lipinski definition) is 1. The first-order valence-electron chi connectivity index (χ1n) is 5.00. The molecule has 5 nitrogen and oxygen atoms in total. The Labute approximate surface area is 110 Å². The monoisotopic (exact) mass is 272 g/mol. The van der Waals surface area contributed by atoms with Gasteiger partial charge in [-0.05, 0) is 18.2 Å². The Morgan fingerprint density at radius 2 is 2.17 bits per heavy atom. The van der Waals surface area contributed by atoms with Gasteiger partial charge in [0.25, 0.3) is 0 Å². The van der Waals surface area contributed by atoms with Crippen LogP contribution in [0.4, 0.5) is 0 Å². The second-order valence-corrected chi connectivity index (χ2v) is 3.66. The van der Waals surface area contributed by atoms with Crippen LogP contribution in [-0.4, -0.2) is 25.3 Å². The van der Waals surface area contributed by atoms with Gasteiger partial charge in [-0.25, -0.2) is 4.79 Å². The molecule has 0 aliphatic heterocycles. The van der Waals surface area contributed by atoms with Crippen LogP contribution in [0.1, 0.15) is 5.56 Å². The summed E-state index contributed by atoms with van der Waals surface area (Å²) in [5.41, 5.74) is 0.452. The lowest BCUT2D eigenvalue weighted by Crippen LogP contribution is -2.12. The highest BCUT2D eigenvalue weighted by molar-refractivity contribution is 6.30. The summed E-state index contributed by atoms with van der Waals surface area (Å²) in [7, 11) is 2.60. The Morgan fingerprint density at radius 3 is 2.72 bits per heavy atom. The van der Waals surface area contributed by atoms with E-state index in [0.29, 0.717) is 16.3 Å². The van der Waals surface area contributed by atoms with E-state index in [1.165, 1.54) is 14.2 Å². The summed E-state index contributed by atoms with van der Waals surface area (Å²) in [5, 5.41) is 9.64.